The summed E-state index contributed by atoms with van der Waals surface area (Å²) in [5, 5.41) is 17.8. The molecule has 0 saturated carbocycles. The number of aromatic amines is 1. The highest BCUT2D eigenvalue weighted by molar-refractivity contribution is 7.99. The fourth-order valence-corrected chi connectivity index (χ4v) is 2.27. The quantitative estimate of drug-likeness (QED) is 0.654. The maximum absolute atomic E-state index is 11.8. The molecule has 1 aliphatic heterocycles. The van der Waals surface area contributed by atoms with Crippen molar-refractivity contribution in [2.45, 2.75) is 24.8 Å². The molecule has 2 atom stereocenters. The third-order valence-electron chi connectivity index (χ3n) is 2.25. The monoisotopic (exact) mass is 298 g/mol. The minimum absolute atomic E-state index is 0.462. The number of hydrogen-bond acceptors (Lipinski definition) is 5. The van der Waals surface area contributed by atoms with Crippen molar-refractivity contribution >= 4 is 11.8 Å². The van der Waals surface area contributed by atoms with Crippen molar-refractivity contribution in [3.05, 3.63) is 28.4 Å². The molecule has 1 saturated heterocycles. The second-order valence-corrected chi connectivity index (χ2v) is 4.96. The Hall–Kier alpha value is -1.06. The molecule has 5 nitrogen and oxygen atoms in total. The van der Waals surface area contributed by atoms with Gasteiger partial charge in [0.25, 0.3) is 5.56 Å². The second-order valence-electron chi connectivity index (χ2n) is 3.81. The van der Waals surface area contributed by atoms with Crippen LogP contribution in [0, 0.1) is 0 Å². The van der Waals surface area contributed by atoms with Gasteiger partial charge in [-0.2, -0.15) is 24.9 Å². The van der Waals surface area contributed by atoms with Gasteiger partial charge in [-0.25, -0.2) is 0 Å². The first kappa shape index (κ1) is 16.0. The zero-order valence-electron chi connectivity index (χ0n) is 9.72. The number of H-pyrrole nitrogens is 1. The van der Waals surface area contributed by atoms with Crippen LogP contribution in [-0.2, 0) is 6.18 Å². The lowest BCUT2D eigenvalue weighted by Gasteiger charge is -2.21. The van der Waals surface area contributed by atoms with E-state index in [0.29, 0.717) is 11.9 Å². The Morgan fingerprint density at radius 1 is 1.32 bits per heavy atom. The molecule has 0 radical (unpaired) electrons. The fraction of sp³-hybridized carbons (Fsp3) is 0.600. The zero-order chi connectivity index (χ0) is 14.5. The minimum Gasteiger partial charge on any atom is -0.390 e. The first-order valence-electron chi connectivity index (χ1n) is 5.36. The molecule has 108 valence electrons. The number of hydrogen-bond donors (Lipinski definition) is 3. The first-order valence-corrected chi connectivity index (χ1v) is 6.51. The molecule has 1 aromatic heterocycles. The Morgan fingerprint density at radius 3 is 2.37 bits per heavy atom. The molecule has 0 amide bonds. The van der Waals surface area contributed by atoms with Gasteiger partial charge in [-0.3, -0.25) is 9.78 Å². The van der Waals surface area contributed by atoms with Gasteiger partial charge in [0, 0.05) is 5.75 Å². The minimum atomic E-state index is -4.53. The normalized spacial score (nSPS) is 23.4. The average molecular weight is 298 g/mol. The van der Waals surface area contributed by atoms with Gasteiger partial charge in [0.2, 0.25) is 0 Å². The van der Waals surface area contributed by atoms with Crippen molar-refractivity contribution in [2.24, 2.45) is 0 Å². The third-order valence-corrected chi connectivity index (χ3v) is 3.35. The van der Waals surface area contributed by atoms with Crippen molar-refractivity contribution in [3.8, 4) is 0 Å². The van der Waals surface area contributed by atoms with Crippen LogP contribution in [0.3, 0.4) is 0 Å². The summed E-state index contributed by atoms with van der Waals surface area (Å²) < 4.78 is 35.3. The standard InChI is InChI=1S/C5H3F3N2O.C5H10O2S/c6-5(7,8)3-1-9-2-4(11)10-3;6-4-1-2-8-3-5(4)7/h1-2H,(H,10,11);4-7H,1-3H2. The van der Waals surface area contributed by atoms with Crippen LogP contribution in [0.4, 0.5) is 13.2 Å². The van der Waals surface area contributed by atoms with Crippen molar-refractivity contribution < 1.29 is 23.4 Å². The third kappa shape index (κ3) is 5.62. The zero-order valence-corrected chi connectivity index (χ0v) is 10.5. The summed E-state index contributed by atoms with van der Waals surface area (Å²) in [6.07, 6.45) is -3.40. The molecule has 0 bridgehead atoms. The molecular weight excluding hydrogens is 285 g/mol. The Labute approximate surface area is 110 Å². The van der Waals surface area contributed by atoms with Crippen LogP contribution in [0.15, 0.2) is 17.2 Å². The maximum Gasteiger partial charge on any atom is 0.432 e. The lowest BCUT2D eigenvalue weighted by Crippen LogP contribution is -2.32. The van der Waals surface area contributed by atoms with Gasteiger partial charge < -0.3 is 15.2 Å². The molecule has 19 heavy (non-hydrogen) atoms. The molecule has 2 rings (SSSR count). The number of thioether (sulfide) groups is 1. The predicted molar refractivity (Wildman–Crippen MR) is 63.8 cm³/mol. The van der Waals surface area contributed by atoms with Gasteiger partial charge in [-0.1, -0.05) is 0 Å². The van der Waals surface area contributed by atoms with Gasteiger partial charge in [-0.05, 0) is 12.2 Å². The number of aliphatic hydroxyl groups is 2. The molecule has 9 heteroatoms. The van der Waals surface area contributed by atoms with E-state index in [1.165, 1.54) is 0 Å². The topological polar surface area (TPSA) is 86.2 Å². The number of nitrogens with one attached hydrogen (secondary N) is 1. The maximum atomic E-state index is 11.8. The Balaban J connectivity index is 0.000000200. The van der Waals surface area contributed by atoms with Crippen molar-refractivity contribution in [3.63, 3.8) is 0 Å². The molecule has 1 aliphatic rings. The summed E-state index contributed by atoms with van der Waals surface area (Å²) >= 11 is 1.70. The molecule has 3 N–H and O–H groups in total. The number of aromatic nitrogens is 2. The summed E-state index contributed by atoms with van der Waals surface area (Å²) in [6, 6.07) is 0. The molecule has 2 unspecified atom stereocenters. The van der Waals surface area contributed by atoms with Crippen LogP contribution in [-0.4, -0.2) is 43.9 Å². The van der Waals surface area contributed by atoms with E-state index in [1.54, 1.807) is 16.7 Å². The number of aliphatic hydroxyl groups excluding tert-OH is 2. The van der Waals surface area contributed by atoms with Crippen LogP contribution in [0.25, 0.3) is 0 Å². The van der Waals surface area contributed by atoms with E-state index in [0.717, 1.165) is 18.4 Å². The van der Waals surface area contributed by atoms with E-state index >= 15 is 0 Å². The second kappa shape index (κ2) is 6.92. The van der Waals surface area contributed by atoms with Crippen LogP contribution < -0.4 is 5.56 Å². The van der Waals surface area contributed by atoms with Gasteiger partial charge in [-0.15, -0.1) is 0 Å². The van der Waals surface area contributed by atoms with Crippen molar-refractivity contribution in [1.29, 1.82) is 0 Å². The van der Waals surface area contributed by atoms with E-state index in [1.807, 2.05) is 0 Å². The Morgan fingerprint density at radius 2 is 2.00 bits per heavy atom. The number of nitrogens with zero attached hydrogens (tertiary/aromatic N) is 1. The molecule has 2 heterocycles. The smallest absolute Gasteiger partial charge is 0.390 e. The highest BCUT2D eigenvalue weighted by Crippen LogP contribution is 2.25. The summed E-state index contributed by atoms with van der Waals surface area (Å²) in [6.45, 7) is 0. The largest absolute Gasteiger partial charge is 0.432 e. The van der Waals surface area contributed by atoms with E-state index < -0.39 is 29.6 Å². The molecule has 0 aliphatic carbocycles. The summed E-state index contributed by atoms with van der Waals surface area (Å²) in [7, 11) is 0. The molecular formula is C10H13F3N2O3S. The van der Waals surface area contributed by atoms with Gasteiger partial charge in [0.15, 0.2) is 0 Å². The summed E-state index contributed by atoms with van der Waals surface area (Å²) in [4.78, 5) is 15.0. The van der Waals surface area contributed by atoms with Crippen LogP contribution in [0.5, 0.6) is 0 Å². The van der Waals surface area contributed by atoms with Gasteiger partial charge >= 0.3 is 6.18 Å². The van der Waals surface area contributed by atoms with Crippen LogP contribution in [0.2, 0.25) is 0 Å². The fourth-order valence-electron chi connectivity index (χ4n) is 1.23. The first-order chi connectivity index (χ1) is 8.80. The van der Waals surface area contributed by atoms with Crippen LogP contribution >= 0.6 is 11.8 Å². The van der Waals surface area contributed by atoms with E-state index in [-0.39, 0.29) is 0 Å². The van der Waals surface area contributed by atoms with E-state index in [9.17, 15) is 18.0 Å². The SMILES string of the molecule is O=c1cncc(C(F)(F)F)[nH]1.OC1CCSCC1O. The Kier molecular flexibility index (Phi) is 5.83. The lowest BCUT2D eigenvalue weighted by molar-refractivity contribution is -0.141. The highest BCUT2D eigenvalue weighted by atomic mass is 32.2. The number of halogens is 3. The van der Waals surface area contributed by atoms with Gasteiger partial charge in [0.1, 0.15) is 5.69 Å². The van der Waals surface area contributed by atoms with Crippen molar-refractivity contribution in [2.75, 3.05) is 11.5 Å². The van der Waals surface area contributed by atoms with Crippen molar-refractivity contribution in [1.82, 2.24) is 9.97 Å². The molecule has 1 aromatic rings. The van der Waals surface area contributed by atoms with E-state index in [4.69, 9.17) is 10.2 Å². The highest BCUT2D eigenvalue weighted by Gasteiger charge is 2.31. The number of alkyl halides is 3. The Bertz CT molecular complexity index is 442. The van der Waals surface area contributed by atoms with Crippen LogP contribution in [0.1, 0.15) is 12.1 Å². The predicted octanol–water partition coefficient (Wildman–Crippen LogP) is 0.634. The van der Waals surface area contributed by atoms with Gasteiger partial charge in [0.05, 0.1) is 24.6 Å². The number of rotatable bonds is 0. The molecule has 1 fully saturated rings. The summed E-state index contributed by atoms with van der Waals surface area (Å²) in [5.74, 6) is 1.68. The molecule has 0 spiro atoms. The van der Waals surface area contributed by atoms with E-state index in [2.05, 4.69) is 4.98 Å². The molecule has 0 aromatic carbocycles. The average Bonchev–Trinajstić information content (AvgIpc) is 2.33. The lowest BCUT2D eigenvalue weighted by atomic mass is 10.2. The summed E-state index contributed by atoms with van der Waals surface area (Å²) in [5.41, 5.74) is -2.00.